The van der Waals surface area contributed by atoms with Crippen LogP contribution >= 0.6 is 0 Å². The molecule has 0 aromatic carbocycles. The zero-order valence-corrected chi connectivity index (χ0v) is 11.3. The van der Waals surface area contributed by atoms with Gasteiger partial charge >= 0.3 is 11.9 Å². The zero-order valence-electron chi connectivity index (χ0n) is 11.3. The van der Waals surface area contributed by atoms with Crippen LogP contribution in [0.3, 0.4) is 0 Å². The molecule has 0 aromatic heterocycles. The predicted octanol–water partition coefficient (Wildman–Crippen LogP) is -0.0465. The maximum atomic E-state index is 11.4. The van der Waals surface area contributed by atoms with E-state index in [1.54, 1.807) is 0 Å². The third-order valence-corrected chi connectivity index (χ3v) is 2.51. The number of carbonyl (C=O) groups is 4. The van der Waals surface area contributed by atoms with Crippen LogP contribution in [-0.2, 0) is 33.5 Å². The zero-order chi connectivity index (χ0) is 15.0. The van der Waals surface area contributed by atoms with Gasteiger partial charge in [0, 0.05) is 32.8 Å². The third-order valence-electron chi connectivity index (χ3n) is 2.51. The van der Waals surface area contributed by atoms with Crippen molar-refractivity contribution in [2.24, 2.45) is 0 Å². The van der Waals surface area contributed by atoms with E-state index in [4.69, 9.17) is 9.47 Å². The summed E-state index contributed by atoms with van der Waals surface area (Å²) in [6.45, 7) is 0.476. The lowest BCUT2D eigenvalue weighted by Crippen LogP contribution is -2.32. The average Bonchev–Trinajstić information content (AvgIpc) is 2.71. The summed E-state index contributed by atoms with van der Waals surface area (Å²) in [7, 11) is 1.49. The van der Waals surface area contributed by atoms with Crippen LogP contribution in [0, 0.1) is 0 Å². The Bertz CT molecular complexity index is 377. The van der Waals surface area contributed by atoms with Crippen molar-refractivity contribution in [3.05, 3.63) is 0 Å². The van der Waals surface area contributed by atoms with Gasteiger partial charge in [0.1, 0.15) is 6.61 Å². The normalized spacial score (nSPS) is 14.6. The molecule has 0 aliphatic carbocycles. The Kier molecular flexibility index (Phi) is 6.65. The Morgan fingerprint density at radius 3 is 2.25 bits per heavy atom. The van der Waals surface area contributed by atoms with Gasteiger partial charge in [-0.3, -0.25) is 14.4 Å². The molecule has 0 bridgehead atoms. The summed E-state index contributed by atoms with van der Waals surface area (Å²) in [6.07, 6.45) is 0.313. The highest BCUT2D eigenvalue weighted by Crippen LogP contribution is 2.13. The molecule has 1 rings (SSSR count). The summed E-state index contributed by atoms with van der Waals surface area (Å²) >= 11 is 0. The first-order chi connectivity index (χ1) is 9.54. The molecule has 2 amide bonds. The molecule has 0 aromatic rings. The smallest absolute Gasteiger partial charge is 0.333 e. The fourth-order valence-electron chi connectivity index (χ4n) is 1.49. The van der Waals surface area contributed by atoms with Crippen molar-refractivity contribution >= 4 is 23.8 Å². The van der Waals surface area contributed by atoms with E-state index in [0.717, 1.165) is 0 Å². The van der Waals surface area contributed by atoms with Gasteiger partial charge in [0.2, 0.25) is 0 Å². The number of carbonyl (C=O) groups excluding carboxylic acids is 4. The van der Waals surface area contributed by atoms with Crippen molar-refractivity contribution in [1.82, 2.24) is 5.06 Å². The van der Waals surface area contributed by atoms with Crippen LogP contribution in [0.2, 0.25) is 0 Å². The van der Waals surface area contributed by atoms with E-state index in [1.165, 1.54) is 7.11 Å². The number of nitrogens with zero attached hydrogens (tertiary/aromatic N) is 1. The summed E-state index contributed by atoms with van der Waals surface area (Å²) in [4.78, 5) is 49.6. The minimum absolute atomic E-state index is 0.0535. The summed E-state index contributed by atoms with van der Waals surface area (Å²) in [5.41, 5.74) is 0. The van der Waals surface area contributed by atoms with Crippen LogP contribution in [0.25, 0.3) is 0 Å². The summed E-state index contributed by atoms with van der Waals surface area (Å²) < 4.78 is 9.51. The molecule has 0 saturated carbocycles. The molecule has 1 aliphatic rings. The molecule has 1 aliphatic heterocycles. The number of methoxy groups -OCH3 is 1. The van der Waals surface area contributed by atoms with Gasteiger partial charge in [-0.1, -0.05) is 0 Å². The van der Waals surface area contributed by atoms with E-state index >= 15 is 0 Å². The standard InChI is InChI=1S/C12H17NO7/c1-18-7-8-19-11(16)3-2-4-12(17)20-13-9(14)5-6-10(13)15/h2-8H2,1H3. The number of esters is 1. The minimum atomic E-state index is -0.724. The average molecular weight is 287 g/mol. The quantitative estimate of drug-likeness (QED) is 0.350. The lowest BCUT2D eigenvalue weighted by Gasteiger charge is -2.12. The molecular weight excluding hydrogens is 270 g/mol. The molecule has 0 spiro atoms. The van der Waals surface area contributed by atoms with E-state index in [1.807, 2.05) is 0 Å². The summed E-state index contributed by atoms with van der Waals surface area (Å²) in [5.74, 6) is -2.22. The van der Waals surface area contributed by atoms with Crippen molar-refractivity contribution < 1.29 is 33.5 Å². The molecule has 1 saturated heterocycles. The van der Waals surface area contributed by atoms with E-state index in [0.29, 0.717) is 11.7 Å². The Morgan fingerprint density at radius 2 is 1.65 bits per heavy atom. The second-order valence-electron chi connectivity index (χ2n) is 4.11. The molecule has 1 heterocycles. The van der Waals surface area contributed by atoms with Gasteiger partial charge < -0.3 is 14.3 Å². The fraction of sp³-hybridized carbons (Fsp3) is 0.667. The molecule has 112 valence electrons. The molecule has 0 unspecified atom stereocenters. The first-order valence-corrected chi connectivity index (χ1v) is 6.25. The van der Waals surface area contributed by atoms with Gasteiger partial charge in [-0.15, -0.1) is 5.06 Å². The molecule has 20 heavy (non-hydrogen) atoms. The van der Waals surface area contributed by atoms with Gasteiger partial charge in [-0.2, -0.15) is 0 Å². The van der Waals surface area contributed by atoms with Crippen molar-refractivity contribution in [1.29, 1.82) is 0 Å². The van der Waals surface area contributed by atoms with Gasteiger partial charge in [-0.25, -0.2) is 4.79 Å². The van der Waals surface area contributed by atoms with Crippen LogP contribution in [-0.4, -0.2) is 49.1 Å². The largest absolute Gasteiger partial charge is 0.463 e. The number of hydrogen-bond donors (Lipinski definition) is 0. The highest BCUT2D eigenvalue weighted by atomic mass is 16.7. The third kappa shape index (κ3) is 5.35. The number of rotatable bonds is 8. The lowest BCUT2D eigenvalue weighted by atomic mass is 10.2. The Labute approximate surface area is 115 Å². The molecule has 8 heteroatoms. The second-order valence-corrected chi connectivity index (χ2v) is 4.11. The van der Waals surface area contributed by atoms with Gasteiger partial charge in [-0.05, 0) is 6.42 Å². The van der Waals surface area contributed by atoms with Crippen molar-refractivity contribution in [3.63, 3.8) is 0 Å². The van der Waals surface area contributed by atoms with E-state index in [2.05, 4.69) is 4.84 Å². The fourth-order valence-corrected chi connectivity index (χ4v) is 1.49. The predicted molar refractivity (Wildman–Crippen MR) is 63.9 cm³/mol. The van der Waals surface area contributed by atoms with Crippen LogP contribution in [0.4, 0.5) is 0 Å². The number of hydroxylamine groups is 2. The second kappa shape index (κ2) is 8.26. The number of amides is 2. The Balaban J connectivity index is 2.15. The molecule has 1 fully saturated rings. The maximum absolute atomic E-state index is 11.4. The molecule has 0 atom stereocenters. The monoisotopic (exact) mass is 287 g/mol. The Hall–Kier alpha value is -1.96. The first kappa shape index (κ1) is 16.1. The van der Waals surface area contributed by atoms with E-state index in [9.17, 15) is 19.2 Å². The van der Waals surface area contributed by atoms with Gasteiger partial charge in [0.05, 0.1) is 6.61 Å². The highest BCUT2D eigenvalue weighted by Gasteiger charge is 2.32. The first-order valence-electron chi connectivity index (χ1n) is 6.25. The van der Waals surface area contributed by atoms with Crippen molar-refractivity contribution in [2.45, 2.75) is 32.1 Å². The number of hydrogen-bond acceptors (Lipinski definition) is 7. The van der Waals surface area contributed by atoms with Crippen LogP contribution in [0.15, 0.2) is 0 Å². The number of imide groups is 1. The van der Waals surface area contributed by atoms with Crippen LogP contribution < -0.4 is 0 Å². The maximum Gasteiger partial charge on any atom is 0.333 e. The SMILES string of the molecule is COCCOC(=O)CCCC(=O)ON1C(=O)CCC1=O. The van der Waals surface area contributed by atoms with Gasteiger partial charge in [0.15, 0.2) is 0 Å². The lowest BCUT2D eigenvalue weighted by molar-refractivity contribution is -0.197. The van der Waals surface area contributed by atoms with Crippen molar-refractivity contribution in [3.8, 4) is 0 Å². The number of ether oxygens (including phenoxy) is 2. The van der Waals surface area contributed by atoms with E-state index in [-0.39, 0.29) is 38.7 Å². The molecule has 8 nitrogen and oxygen atoms in total. The topological polar surface area (TPSA) is 99.2 Å². The molecule has 0 N–H and O–H groups in total. The van der Waals surface area contributed by atoms with E-state index < -0.39 is 23.8 Å². The minimum Gasteiger partial charge on any atom is -0.463 e. The highest BCUT2D eigenvalue weighted by molar-refractivity contribution is 6.01. The molecular formula is C12H17NO7. The Morgan fingerprint density at radius 1 is 1.05 bits per heavy atom. The summed E-state index contributed by atoms with van der Waals surface area (Å²) in [6, 6.07) is 0. The summed E-state index contributed by atoms with van der Waals surface area (Å²) in [5, 5.41) is 0.485. The van der Waals surface area contributed by atoms with Gasteiger partial charge in [0.25, 0.3) is 11.8 Å². The van der Waals surface area contributed by atoms with Crippen molar-refractivity contribution in [2.75, 3.05) is 20.3 Å². The van der Waals surface area contributed by atoms with Crippen LogP contribution in [0.1, 0.15) is 32.1 Å². The van der Waals surface area contributed by atoms with Crippen LogP contribution in [0.5, 0.6) is 0 Å². The molecule has 0 radical (unpaired) electrons.